The Bertz CT molecular complexity index is 1660. The molecule has 1 amide bonds. The third-order valence-corrected chi connectivity index (χ3v) is 13.7. The molecule has 77 heavy (non-hydrogen) atoms. The fourth-order valence-electron chi connectivity index (χ4n) is 8.91. The standard InChI is InChI=1S/C66H111NO10/c1-4-7-10-13-16-19-22-24-26-27-28-29-30-31-32-34-35-38-41-44-47-50-53-59(70)65(74)67-57(58(69)52-49-46-43-40-37-21-18-15-12-9-6-3)56-75-66-64(63(73)62(72)60(55-68)76-66)77-61(71)54-51-48-45-42-39-36-33-25-23-20-17-14-11-8-5-2/h7-8,10-11,14,16-17,19-20,23-24,26,28-29,31-32,49,52,57-60,62-64,66,68-70,72-73H,4-6,9,12-13,15,18,21-22,25,27,30,33-48,50-51,53-56H2,1-3H3,(H,67,74)/b10-7-,11-8+,17-14+,19-16-,23-20+,26-24-,29-28-,32-31-,52-49+. The van der Waals surface area contributed by atoms with Gasteiger partial charge >= 0.3 is 5.97 Å². The first-order valence-corrected chi connectivity index (χ1v) is 30.7. The lowest BCUT2D eigenvalue weighted by atomic mass is 9.99. The Labute approximate surface area is 468 Å². The van der Waals surface area contributed by atoms with Gasteiger partial charge in [0.2, 0.25) is 5.91 Å². The Morgan fingerprint density at radius 1 is 0.532 bits per heavy atom. The molecule has 0 aliphatic carbocycles. The Kier molecular flexibility index (Phi) is 49.1. The van der Waals surface area contributed by atoms with Gasteiger partial charge in [0.1, 0.15) is 24.4 Å². The molecule has 0 aromatic carbocycles. The zero-order valence-corrected chi connectivity index (χ0v) is 48.5. The molecule has 1 fully saturated rings. The molecule has 1 saturated heterocycles. The van der Waals surface area contributed by atoms with Gasteiger partial charge in [-0.05, 0) is 89.9 Å². The van der Waals surface area contributed by atoms with Crippen molar-refractivity contribution in [1.29, 1.82) is 0 Å². The van der Waals surface area contributed by atoms with Crippen LogP contribution in [0.25, 0.3) is 0 Å². The van der Waals surface area contributed by atoms with Crippen molar-refractivity contribution >= 4 is 11.9 Å². The maximum Gasteiger partial charge on any atom is 0.306 e. The van der Waals surface area contributed by atoms with Gasteiger partial charge in [-0.2, -0.15) is 0 Å². The summed E-state index contributed by atoms with van der Waals surface area (Å²) in [5.41, 5.74) is 0. The number of hydrogen-bond donors (Lipinski definition) is 6. The summed E-state index contributed by atoms with van der Waals surface area (Å²) in [6.45, 7) is 5.51. The zero-order chi connectivity index (χ0) is 56.1. The van der Waals surface area contributed by atoms with Crippen LogP contribution in [0.5, 0.6) is 0 Å². The molecule has 1 aliphatic rings. The van der Waals surface area contributed by atoms with Crippen LogP contribution >= 0.6 is 0 Å². The fraction of sp³-hybridized carbons (Fsp3) is 0.697. The summed E-state index contributed by atoms with van der Waals surface area (Å²) in [5, 5.41) is 56.9. The quantitative estimate of drug-likeness (QED) is 0.0149. The second kappa shape index (κ2) is 53.0. The van der Waals surface area contributed by atoms with Crippen LogP contribution in [-0.4, -0.2) is 99.6 Å². The van der Waals surface area contributed by atoms with E-state index in [1.807, 2.05) is 12.2 Å². The van der Waals surface area contributed by atoms with E-state index in [0.717, 1.165) is 148 Å². The van der Waals surface area contributed by atoms with E-state index >= 15 is 0 Å². The molecular weight excluding hydrogens is 967 g/mol. The number of carbonyl (C=O) groups is 2. The Balaban J connectivity index is 2.68. The van der Waals surface area contributed by atoms with E-state index in [0.29, 0.717) is 12.8 Å². The van der Waals surface area contributed by atoms with Crippen molar-refractivity contribution in [3.63, 3.8) is 0 Å². The maximum atomic E-state index is 13.4. The number of aliphatic hydroxyl groups is 5. The van der Waals surface area contributed by atoms with Crippen LogP contribution in [0.4, 0.5) is 0 Å². The van der Waals surface area contributed by atoms with Crippen LogP contribution in [0.2, 0.25) is 0 Å². The molecule has 1 aliphatic heterocycles. The van der Waals surface area contributed by atoms with Gasteiger partial charge in [-0.3, -0.25) is 9.59 Å². The first kappa shape index (κ1) is 71.3. The van der Waals surface area contributed by atoms with Crippen molar-refractivity contribution in [3.05, 3.63) is 109 Å². The predicted octanol–water partition coefficient (Wildman–Crippen LogP) is 14.5. The number of hydrogen-bond acceptors (Lipinski definition) is 10. The summed E-state index contributed by atoms with van der Waals surface area (Å²) in [6.07, 6.45) is 61.2. The average Bonchev–Trinajstić information content (AvgIpc) is 3.43. The molecule has 8 unspecified atom stereocenters. The van der Waals surface area contributed by atoms with Crippen molar-refractivity contribution in [2.45, 2.75) is 282 Å². The van der Waals surface area contributed by atoms with E-state index < -0.39 is 67.4 Å². The monoisotopic (exact) mass is 1080 g/mol. The minimum atomic E-state index is -1.63. The van der Waals surface area contributed by atoms with Crippen molar-refractivity contribution in [2.75, 3.05) is 13.2 Å². The Morgan fingerprint density at radius 2 is 1.00 bits per heavy atom. The third-order valence-electron chi connectivity index (χ3n) is 13.7. The van der Waals surface area contributed by atoms with Gasteiger partial charge < -0.3 is 45.1 Å². The SMILES string of the molecule is CC/C=C\C/C=C\C/C=C\C/C=C\C/C=C\CCCCCCCCC(O)C(=O)NC(COC1OC(CO)C(O)C(O)C1OC(=O)CCCCCCCCC/C=C/C=C/C=C/CC)C(O)/C=C/CCCCCCCCCCC. The molecule has 0 aromatic heterocycles. The number of aliphatic hydroxyl groups excluding tert-OH is 5. The van der Waals surface area contributed by atoms with Gasteiger partial charge in [0, 0.05) is 6.42 Å². The maximum absolute atomic E-state index is 13.4. The summed E-state index contributed by atoms with van der Waals surface area (Å²) >= 11 is 0. The highest BCUT2D eigenvalue weighted by molar-refractivity contribution is 5.80. The van der Waals surface area contributed by atoms with Gasteiger partial charge in [0.15, 0.2) is 12.4 Å². The third kappa shape index (κ3) is 41.1. The Hall–Kier alpha value is -3.68. The van der Waals surface area contributed by atoms with Crippen molar-refractivity contribution in [2.24, 2.45) is 0 Å². The van der Waals surface area contributed by atoms with Crippen LogP contribution in [0, 0.1) is 0 Å². The highest BCUT2D eigenvalue weighted by Gasteiger charge is 2.47. The summed E-state index contributed by atoms with van der Waals surface area (Å²) in [7, 11) is 0. The van der Waals surface area contributed by atoms with Gasteiger partial charge in [-0.15, -0.1) is 0 Å². The number of rotatable bonds is 50. The van der Waals surface area contributed by atoms with E-state index in [9.17, 15) is 35.1 Å². The van der Waals surface area contributed by atoms with Crippen LogP contribution < -0.4 is 5.32 Å². The molecule has 0 radical (unpaired) electrons. The summed E-state index contributed by atoms with van der Waals surface area (Å²) in [5.74, 6) is -1.23. The summed E-state index contributed by atoms with van der Waals surface area (Å²) in [6, 6.07) is -1.04. The molecule has 8 atom stereocenters. The van der Waals surface area contributed by atoms with Crippen LogP contribution in [0.1, 0.15) is 233 Å². The highest BCUT2D eigenvalue weighted by Crippen LogP contribution is 2.26. The Morgan fingerprint density at radius 3 is 1.55 bits per heavy atom. The lowest BCUT2D eigenvalue weighted by Crippen LogP contribution is -2.61. The molecule has 1 rings (SSSR count). The molecule has 0 spiro atoms. The fourth-order valence-corrected chi connectivity index (χ4v) is 8.91. The summed E-state index contributed by atoms with van der Waals surface area (Å²) in [4.78, 5) is 26.5. The topological polar surface area (TPSA) is 175 Å². The second-order valence-electron chi connectivity index (χ2n) is 20.7. The van der Waals surface area contributed by atoms with Crippen molar-refractivity contribution < 1.29 is 49.3 Å². The van der Waals surface area contributed by atoms with Crippen LogP contribution in [0.3, 0.4) is 0 Å². The molecule has 440 valence electrons. The van der Waals surface area contributed by atoms with E-state index in [1.165, 1.54) is 38.5 Å². The van der Waals surface area contributed by atoms with Gasteiger partial charge in [-0.25, -0.2) is 0 Å². The average molecular weight is 1080 g/mol. The van der Waals surface area contributed by atoms with Crippen molar-refractivity contribution in [1.82, 2.24) is 5.32 Å². The number of allylic oxidation sites excluding steroid dienone is 17. The smallest absolute Gasteiger partial charge is 0.306 e. The number of carbonyl (C=O) groups excluding carboxylic acids is 2. The van der Waals surface area contributed by atoms with E-state index in [1.54, 1.807) is 6.08 Å². The molecule has 1 heterocycles. The molecule has 11 heteroatoms. The zero-order valence-electron chi connectivity index (χ0n) is 48.5. The largest absolute Gasteiger partial charge is 0.454 e. The highest BCUT2D eigenvalue weighted by atomic mass is 16.7. The first-order valence-electron chi connectivity index (χ1n) is 30.7. The van der Waals surface area contributed by atoms with E-state index in [-0.39, 0.29) is 19.4 Å². The van der Waals surface area contributed by atoms with Crippen molar-refractivity contribution in [3.8, 4) is 0 Å². The molecule has 0 saturated carbocycles. The number of amides is 1. The van der Waals surface area contributed by atoms with Gasteiger partial charge in [-0.1, -0.05) is 246 Å². The number of nitrogens with one attached hydrogen (secondary N) is 1. The second-order valence-corrected chi connectivity index (χ2v) is 20.7. The lowest BCUT2D eigenvalue weighted by Gasteiger charge is -2.41. The van der Waals surface area contributed by atoms with Gasteiger partial charge in [0.25, 0.3) is 0 Å². The predicted molar refractivity (Wildman–Crippen MR) is 319 cm³/mol. The number of unbranched alkanes of at least 4 members (excludes halogenated alkanes) is 22. The molecular formula is C66H111NO10. The van der Waals surface area contributed by atoms with Crippen LogP contribution in [-0.2, 0) is 23.8 Å². The number of esters is 1. The lowest BCUT2D eigenvalue weighted by molar-refractivity contribution is -0.305. The van der Waals surface area contributed by atoms with Crippen LogP contribution in [0.15, 0.2) is 109 Å². The minimum absolute atomic E-state index is 0.103. The molecule has 0 bridgehead atoms. The minimum Gasteiger partial charge on any atom is -0.454 e. The first-order chi connectivity index (χ1) is 37.7. The summed E-state index contributed by atoms with van der Waals surface area (Å²) < 4.78 is 17.6. The molecule has 0 aromatic rings. The van der Waals surface area contributed by atoms with E-state index in [2.05, 4.69) is 117 Å². The van der Waals surface area contributed by atoms with Gasteiger partial charge in [0.05, 0.1) is 25.4 Å². The normalized spacial score (nSPS) is 19.8. The number of ether oxygens (including phenoxy) is 3. The molecule has 6 N–H and O–H groups in total. The molecule has 11 nitrogen and oxygen atoms in total. The van der Waals surface area contributed by atoms with E-state index in [4.69, 9.17) is 14.2 Å².